The van der Waals surface area contributed by atoms with E-state index in [-0.39, 0.29) is 17.7 Å². The number of aromatic amines is 1. The Morgan fingerprint density at radius 3 is 2.73 bits per heavy atom. The number of pyridine rings is 2. The fourth-order valence-electron chi connectivity index (χ4n) is 3.23. The standard InChI is InChI=1S/C22H21ClN4O3/c1-12(2)30-20-9-19-15(7-18(20)23)6-17(22(28)27-19)13(3)26-21-8-14(4-5-24-21)16-10-25-29-11-16/h4-13H,1-3H3,(H,24,26)(H,27,28). The van der Waals surface area contributed by atoms with Crippen molar-refractivity contribution in [1.29, 1.82) is 0 Å². The Morgan fingerprint density at radius 1 is 1.17 bits per heavy atom. The maximum absolute atomic E-state index is 12.7. The van der Waals surface area contributed by atoms with Crippen molar-refractivity contribution in [2.45, 2.75) is 32.9 Å². The quantitative estimate of drug-likeness (QED) is 0.442. The largest absolute Gasteiger partial charge is 0.489 e. The molecule has 2 N–H and O–H groups in total. The van der Waals surface area contributed by atoms with E-state index in [1.165, 1.54) is 0 Å². The first-order valence-corrected chi connectivity index (χ1v) is 9.94. The Hall–Kier alpha value is -3.32. The van der Waals surface area contributed by atoms with Gasteiger partial charge in [-0.25, -0.2) is 4.98 Å². The molecule has 4 rings (SSSR count). The van der Waals surface area contributed by atoms with Crippen molar-refractivity contribution in [3.8, 4) is 16.9 Å². The van der Waals surface area contributed by atoms with E-state index >= 15 is 0 Å². The number of hydrogen-bond donors (Lipinski definition) is 2. The third kappa shape index (κ3) is 4.16. The highest BCUT2D eigenvalue weighted by Crippen LogP contribution is 2.31. The molecule has 0 saturated heterocycles. The van der Waals surface area contributed by atoms with Crippen LogP contribution in [0.2, 0.25) is 5.02 Å². The topological polar surface area (TPSA) is 93.0 Å². The molecule has 0 spiro atoms. The van der Waals surface area contributed by atoms with Gasteiger partial charge >= 0.3 is 0 Å². The molecule has 1 unspecified atom stereocenters. The molecule has 8 heteroatoms. The van der Waals surface area contributed by atoms with Crippen molar-refractivity contribution in [3.63, 3.8) is 0 Å². The zero-order valence-corrected chi connectivity index (χ0v) is 17.5. The number of aromatic nitrogens is 3. The maximum atomic E-state index is 12.7. The second kappa shape index (κ2) is 8.20. The first kappa shape index (κ1) is 20.0. The van der Waals surface area contributed by atoms with Gasteiger partial charge in [-0.15, -0.1) is 0 Å². The predicted octanol–water partition coefficient (Wildman–Crippen LogP) is 5.19. The molecule has 0 aliphatic rings. The van der Waals surface area contributed by atoms with Gasteiger partial charge < -0.3 is 19.6 Å². The summed E-state index contributed by atoms with van der Waals surface area (Å²) in [6.07, 6.45) is 4.88. The molecular weight excluding hydrogens is 404 g/mol. The molecule has 4 aromatic rings. The third-order valence-electron chi connectivity index (χ3n) is 4.64. The molecule has 3 aromatic heterocycles. The zero-order chi connectivity index (χ0) is 21.3. The summed E-state index contributed by atoms with van der Waals surface area (Å²) in [6.45, 7) is 5.75. The van der Waals surface area contributed by atoms with Crippen molar-refractivity contribution in [3.05, 3.63) is 69.9 Å². The van der Waals surface area contributed by atoms with Crippen LogP contribution in [0.4, 0.5) is 5.82 Å². The van der Waals surface area contributed by atoms with Gasteiger partial charge in [-0.05, 0) is 50.6 Å². The molecule has 7 nitrogen and oxygen atoms in total. The molecule has 30 heavy (non-hydrogen) atoms. The van der Waals surface area contributed by atoms with Gasteiger partial charge in [0.1, 0.15) is 17.8 Å². The van der Waals surface area contributed by atoms with Crippen LogP contribution in [0, 0.1) is 0 Å². The molecule has 1 atom stereocenters. The minimum Gasteiger partial charge on any atom is -0.489 e. The van der Waals surface area contributed by atoms with E-state index < -0.39 is 0 Å². The molecule has 0 saturated carbocycles. The lowest BCUT2D eigenvalue weighted by Crippen LogP contribution is -2.20. The van der Waals surface area contributed by atoms with Gasteiger partial charge in [-0.3, -0.25) is 4.79 Å². The van der Waals surface area contributed by atoms with Gasteiger partial charge in [0.2, 0.25) is 0 Å². The molecule has 154 valence electrons. The van der Waals surface area contributed by atoms with Crippen LogP contribution < -0.4 is 15.6 Å². The number of rotatable bonds is 6. The average Bonchev–Trinajstić information content (AvgIpc) is 3.23. The monoisotopic (exact) mass is 424 g/mol. The van der Waals surface area contributed by atoms with Crippen LogP contribution in [0.25, 0.3) is 22.0 Å². The number of ether oxygens (including phenoxy) is 1. The van der Waals surface area contributed by atoms with E-state index in [1.54, 1.807) is 30.8 Å². The lowest BCUT2D eigenvalue weighted by molar-refractivity contribution is 0.243. The van der Waals surface area contributed by atoms with E-state index in [4.69, 9.17) is 20.9 Å². The second-order valence-electron chi connectivity index (χ2n) is 7.30. The van der Waals surface area contributed by atoms with Crippen molar-refractivity contribution in [2.75, 3.05) is 5.32 Å². The third-order valence-corrected chi connectivity index (χ3v) is 4.94. The molecule has 0 aliphatic carbocycles. The van der Waals surface area contributed by atoms with Gasteiger partial charge in [0.05, 0.1) is 28.9 Å². The number of anilines is 1. The number of benzene rings is 1. The Kier molecular flexibility index (Phi) is 5.46. The van der Waals surface area contributed by atoms with Crippen molar-refractivity contribution in [1.82, 2.24) is 15.1 Å². The summed E-state index contributed by atoms with van der Waals surface area (Å²) >= 11 is 6.36. The van der Waals surface area contributed by atoms with Crippen LogP contribution >= 0.6 is 11.6 Å². The van der Waals surface area contributed by atoms with Gasteiger partial charge in [0, 0.05) is 28.8 Å². The smallest absolute Gasteiger partial charge is 0.253 e. The van der Waals surface area contributed by atoms with E-state index in [1.807, 2.05) is 39.0 Å². The highest BCUT2D eigenvalue weighted by Gasteiger charge is 2.14. The lowest BCUT2D eigenvalue weighted by Gasteiger charge is -2.16. The van der Waals surface area contributed by atoms with Crippen LogP contribution in [-0.2, 0) is 0 Å². The van der Waals surface area contributed by atoms with Crippen LogP contribution in [0.15, 0.2) is 58.3 Å². The fourth-order valence-corrected chi connectivity index (χ4v) is 3.44. The van der Waals surface area contributed by atoms with Crippen LogP contribution in [0.5, 0.6) is 5.75 Å². The van der Waals surface area contributed by atoms with E-state index in [0.29, 0.717) is 27.7 Å². The number of nitrogens with zero attached hydrogens (tertiary/aromatic N) is 2. The highest BCUT2D eigenvalue weighted by molar-refractivity contribution is 6.32. The van der Waals surface area contributed by atoms with Crippen molar-refractivity contribution in [2.24, 2.45) is 0 Å². The number of nitrogens with one attached hydrogen (secondary N) is 2. The number of H-pyrrole nitrogens is 1. The Labute approximate surface area is 178 Å². The Morgan fingerprint density at radius 2 is 2.00 bits per heavy atom. The number of hydrogen-bond acceptors (Lipinski definition) is 6. The summed E-state index contributed by atoms with van der Waals surface area (Å²) in [5, 5.41) is 8.33. The van der Waals surface area contributed by atoms with Gasteiger partial charge in [-0.2, -0.15) is 0 Å². The SMILES string of the molecule is CC(C)Oc1cc2[nH]c(=O)c(C(C)Nc3cc(-c4cnoc4)ccn3)cc2cc1Cl. The second-order valence-corrected chi connectivity index (χ2v) is 7.71. The molecule has 0 radical (unpaired) electrons. The summed E-state index contributed by atoms with van der Waals surface area (Å²) in [5.41, 5.74) is 2.83. The van der Waals surface area contributed by atoms with Gasteiger partial charge in [0.15, 0.2) is 0 Å². The summed E-state index contributed by atoms with van der Waals surface area (Å²) in [7, 11) is 0. The van der Waals surface area contributed by atoms with Crippen LogP contribution in [0.3, 0.4) is 0 Å². The summed E-state index contributed by atoms with van der Waals surface area (Å²) in [4.78, 5) is 20.0. The number of fused-ring (bicyclic) bond motifs is 1. The molecule has 0 amide bonds. The Balaban J connectivity index is 1.63. The summed E-state index contributed by atoms with van der Waals surface area (Å²) < 4.78 is 10.6. The van der Waals surface area contributed by atoms with E-state index in [2.05, 4.69) is 20.4 Å². The highest BCUT2D eigenvalue weighted by atomic mass is 35.5. The minimum absolute atomic E-state index is 0.0174. The Bertz CT molecular complexity index is 1240. The fraction of sp³-hybridized carbons (Fsp3) is 0.227. The summed E-state index contributed by atoms with van der Waals surface area (Å²) in [5.74, 6) is 1.18. The van der Waals surface area contributed by atoms with E-state index in [9.17, 15) is 4.79 Å². The van der Waals surface area contributed by atoms with Gasteiger partial charge in [-0.1, -0.05) is 16.8 Å². The average molecular weight is 425 g/mol. The molecule has 1 aromatic carbocycles. The maximum Gasteiger partial charge on any atom is 0.253 e. The van der Waals surface area contributed by atoms with Crippen molar-refractivity contribution >= 4 is 28.3 Å². The first-order valence-electron chi connectivity index (χ1n) is 9.56. The number of halogens is 1. The summed E-state index contributed by atoms with van der Waals surface area (Å²) in [6, 6.07) is 8.85. The van der Waals surface area contributed by atoms with Gasteiger partial charge in [0.25, 0.3) is 5.56 Å². The van der Waals surface area contributed by atoms with Crippen LogP contribution in [-0.4, -0.2) is 21.2 Å². The lowest BCUT2D eigenvalue weighted by atomic mass is 10.1. The predicted molar refractivity (Wildman–Crippen MR) is 117 cm³/mol. The molecular formula is C22H21ClN4O3. The normalized spacial score (nSPS) is 12.3. The molecule has 0 aliphatic heterocycles. The molecule has 3 heterocycles. The van der Waals surface area contributed by atoms with Crippen molar-refractivity contribution < 1.29 is 9.26 Å². The van der Waals surface area contributed by atoms with E-state index in [0.717, 1.165) is 16.5 Å². The minimum atomic E-state index is -0.284. The molecule has 0 bridgehead atoms. The zero-order valence-electron chi connectivity index (χ0n) is 16.8. The van der Waals surface area contributed by atoms with Crippen LogP contribution in [0.1, 0.15) is 32.4 Å². The first-order chi connectivity index (χ1) is 14.4. The molecule has 0 fully saturated rings.